The summed E-state index contributed by atoms with van der Waals surface area (Å²) >= 11 is 0. The van der Waals surface area contributed by atoms with Gasteiger partial charge in [-0.25, -0.2) is 12.7 Å². The normalized spacial score (nSPS) is 11.2. The van der Waals surface area contributed by atoms with Crippen LogP contribution in [0.2, 0.25) is 0 Å². The third kappa shape index (κ3) is 3.48. The van der Waals surface area contributed by atoms with Gasteiger partial charge < -0.3 is 5.32 Å². The molecule has 5 heteroatoms. The Hall–Kier alpha value is -1.51. The standard InChI is InChI=1S/C12H16N2O2S/c1-4-5-10-13-11-6-8-12(9-7-11)17(15,16)14(2)3/h1,6-9,13H,5,10H2,2-3H3. The molecule has 0 heterocycles. The van der Waals surface area contributed by atoms with Crippen molar-refractivity contribution in [1.82, 2.24) is 4.31 Å². The van der Waals surface area contributed by atoms with Crippen molar-refractivity contribution in [2.45, 2.75) is 11.3 Å². The third-order valence-electron chi connectivity index (χ3n) is 2.23. The van der Waals surface area contributed by atoms with Crippen LogP contribution in [0.15, 0.2) is 29.2 Å². The van der Waals surface area contributed by atoms with Gasteiger partial charge in [-0.1, -0.05) is 0 Å². The lowest BCUT2D eigenvalue weighted by molar-refractivity contribution is 0.521. The zero-order valence-electron chi connectivity index (χ0n) is 9.97. The van der Waals surface area contributed by atoms with Gasteiger partial charge in [0.2, 0.25) is 10.0 Å². The van der Waals surface area contributed by atoms with E-state index in [1.807, 2.05) is 0 Å². The fourth-order valence-corrected chi connectivity index (χ4v) is 2.14. The molecule has 0 saturated heterocycles. The Kier molecular flexibility index (Phi) is 4.55. The average molecular weight is 252 g/mol. The number of rotatable bonds is 5. The number of hydrogen-bond acceptors (Lipinski definition) is 3. The van der Waals surface area contributed by atoms with Crippen molar-refractivity contribution in [2.24, 2.45) is 0 Å². The van der Waals surface area contributed by atoms with Crippen LogP contribution in [0.3, 0.4) is 0 Å². The molecule has 17 heavy (non-hydrogen) atoms. The van der Waals surface area contributed by atoms with Crippen LogP contribution in [0.4, 0.5) is 5.69 Å². The maximum absolute atomic E-state index is 11.8. The number of sulfonamides is 1. The van der Waals surface area contributed by atoms with Crippen LogP contribution >= 0.6 is 0 Å². The fraction of sp³-hybridized carbons (Fsp3) is 0.333. The van der Waals surface area contributed by atoms with Gasteiger partial charge >= 0.3 is 0 Å². The average Bonchev–Trinajstić information content (AvgIpc) is 2.30. The molecule has 0 atom stereocenters. The van der Waals surface area contributed by atoms with Gasteiger partial charge in [-0.2, -0.15) is 0 Å². The minimum absolute atomic E-state index is 0.282. The van der Waals surface area contributed by atoms with Crippen LogP contribution in [0.25, 0.3) is 0 Å². The second-order valence-corrected chi connectivity index (χ2v) is 5.84. The summed E-state index contributed by atoms with van der Waals surface area (Å²) in [5, 5.41) is 3.10. The van der Waals surface area contributed by atoms with E-state index in [0.29, 0.717) is 13.0 Å². The second kappa shape index (κ2) is 5.71. The molecule has 0 aliphatic rings. The van der Waals surface area contributed by atoms with Crippen LogP contribution in [0, 0.1) is 12.3 Å². The maximum Gasteiger partial charge on any atom is 0.242 e. The maximum atomic E-state index is 11.8. The first-order chi connectivity index (χ1) is 7.98. The van der Waals surface area contributed by atoms with E-state index >= 15 is 0 Å². The lowest BCUT2D eigenvalue weighted by Crippen LogP contribution is -2.22. The van der Waals surface area contributed by atoms with Gasteiger partial charge in [-0.3, -0.25) is 0 Å². The molecule has 0 fully saturated rings. The molecular formula is C12H16N2O2S. The largest absolute Gasteiger partial charge is 0.384 e. The molecule has 0 bridgehead atoms. The fourth-order valence-electron chi connectivity index (χ4n) is 1.23. The Bertz CT molecular complexity index is 498. The van der Waals surface area contributed by atoms with Crippen molar-refractivity contribution in [3.63, 3.8) is 0 Å². The highest BCUT2D eigenvalue weighted by atomic mass is 32.2. The molecule has 1 aromatic rings. The van der Waals surface area contributed by atoms with Crippen LogP contribution < -0.4 is 5.32 Å². The highest BCUT2D eigenvalue weighted by molar-refractivity contribution is 7.89. The molecule has 0 aliphatic heterocycles. The lowest BCUT2D eigenvalue weighted by atomic mass is 10.3. The topological polar surface area (TPSA) is 49.4 Å². The summed E-state index contributed by atoms with van der Waals surface area (Å²) in [4.78, 5) is 0.282. The summed E-state index contributed by atoms with van der Waals surface area (Å²) in [5.41, 5.74) is 0.859. The summed E-state index contributed by atoms with van der Waals surface area (Å²) in [7, 11) is -0.329. The number of nitrogens with zero attached hydrogens (tertiary/aromatic N) is 1. The van der Waals surface area contributed by atoms with Crippen LogP contribution in [-0.4, -0.2) is 33.4 Å². The Morgan fingerprint density at radius 3 is 2.35 bits per heavy atom. The van der Waals surface area contributed by atoms with E-state index in [1.165, 1.54) is 18.4 Å². The van der Waals surface area contributed by atoms with Gasteiger partial charge in [0.1, 0.15) is 0 Å². The third-order valence-corrected chi connectivity index (χ3v) is 4.06. The van der Waals surface area contributed by atoms with Gasteiger partial charge in [0.25, 0.3) is 0 Å². The van der Waals surface area contributed by atoms with Crippen LogP contribution in [0.1, 0.15) is 6.42 Å². The van der Waals surface area contributed by atoms with Gasteiger partial charge in [0.15, 0.2) is 0 Å². The zero-order chi connectivity index (χ0) is 12.9. The molecule has 0 unspecified atom stereocenters. The van der Waals surface area contributed by atoms with E-state index in [2.05, 4.69) is 11.2 Å². The van der Waals surface area contributed by atoms with E-state index in [1.54, 1.807) is 24.3 Å². The minimum atomic E-state index is -3.35. The van der Waals surface area contributed by atoms with Crippen molar-refractivity contribution in [3.8, 4) is 12.3 Å². The van der Waals surface area contributed by atoms with Crippen molar-refractivity contribution in [3.05, 3.63) is 24.3 Å². The Labute approximate surface area is 103 Å². The molecular weight excluding hydrogens is 236 g/mol. The molecule has 0 amide bonds. The van der Waals surface area contributed by atoms with Crippen molar-refractivity contribution in [1.29, 1.82) is 0 Å². The van der Waals surface area contributed by atoms with E-state index in [9.17, 15) is 8.42 Å². The number of terminal acetylenes is 1. The van der Waals surface area contributed by atoms with Crippen LogP contribution in [0.5, 0.6) is 0 Å². The summed E-state index contributed by atoms with van der Waals surface area (Å²) in [6, 6.07) is 6.61. The molecule has 0 radical (unpaired) electrons. The van der Waals surface area contributed by atoms with Crippen molar-refractivity contribution < 1.29 is 8.42 Å². The first kappa shape index (κ1) is 13.6. The van der Waals surface area contributed by atoms with Crippen LogP contribution in [-0.2, 0) is 10.0 Å². The number of benzene rings is 1. The summed E-state index contributed by atoms with van der Waals surface area (Å²) < 4.78 is 24.8. The smallest absolute Gasteiger partial charge is 0.242 e. The Morgan fingerprint density at radius 1 is 1.29 bits per heavy atom. The molecule has 4 nitrogen and oxygen atoms in total. The number of nitrogens with one attached hydrogen (secondary N) is 1. The number of hydrogen-bond donors (Lipinski definition) is 1. The molecule has 1 aromatic carbocycles. The predicted molar refractivity (Wildman–Crippen MR) is 69.3 cm³/mol. The highest BCUT2D eigenvalue weighted by Gasteiger charge is 2.16. The molecule has 1 rings (SSSR count). The number of anilines is 1. The first-order valence-corrected chi connectivity index (χ1v) is 6.62. The first-order valence-electron chi connectivity index (χ1n) is 5.18. The molecule has 1 N–H and O–H groups in total. The molecule has 0 aliphatic carbocycles. The van der Waals surface area contributed by atoms with E-state index < -0.39 is 10.0 Å². The molecule has 92 valence electrons. The summed E-state index contributed by atoms with van der Waals surface area (Å²) in [5.74, 6) is 2.52. The van der Waals surface area contributed by atoms with E-state index in [-0.39, 0.29) is 4.90 Å². The quantitative estimate of drug-likeness (QED) is 0.636. The summed E-state index contributed by atoms with van der Waals surface area (Å²) in [6.07, 6.45) is 5.77. The Balaban J connectivity index is 2.79. The molecule has 0 aromatic heterocycles. The van der Waals surface area contributed by atoms with E-state index in [0.717, 1.165) is 5.69 Å². The van der Waals surface area contributed by atoms with Gasteiger partial charge in [0, 0.05) is 32.7 Å². The Morgan fingerprint density at radius 2 is 1.88 bits per heavy atom. The summed E-state index contributed by atoms with van der Waals surface area (Å²) in [6.45, 7) is 0.677. The molecule has 0 saturated carbocycles. The minimum Gasteiger partial charge on any atom is -0.384 e. The molecule has 0 spiro atoms. The van der Waals surface area contributed by atoms with Crippen molar-refractivity contribution in [2.75, 3.05) is 26.0 Å². The van der Waals surface area contributed by atoms with E-state index in [4.69, 9.17) is 6.42 Å². The second-order valence-electron chi connectivity index (χ2n) is 3.69. The van der Waals surface area contributed by atoms with Gasteiger partial charge in [-0.05, 0) is 24.3 Å². The predicted octanol–water partition coefficient (Wildman–Crippen LogP) is 1.37. The van der Waals surface area contributed by atoms with Gasteiger partial charge in [0.05, 0.1) is 4.90 Å². The van der Waals surface area contributed by atoms with Gasteiger partial charge in [-0.15, -0.1) is 12.3 Å². The monoisotopic (exact) mass is 252 g/mol. The lowest BCUT2D eigenvalue weighted by Gasteiger charge is -2.12. The van der Waals surface area contributed by atoms with Crippen molar-refractivity contribution >= 4 is 15.7 Å². The SMILES string of the molecule is C#CCCNc1ccc(S(=O)(=O)N(C)C)cc1. The highest BCUT2D eigenvalue weighted by Crippen LogP contribution is 2.16. The zero-order valence-corrected chi connectivity index (χ0v) is 10.8.